The zero-order chi connectivity index (χ0) is 18.2. The Labute approximate surface area is 155 Å². The summed E-state index contributed by atoms with van der Waals surface area (Å²) in [4.78, 5) is 17.4. The molecule has 1 aromatic carbocycles. The first kappa shape index (κ1) is 19.9. The smallest absolute Gasteiger partial charge is 0.254 e. The van der Waals surface area contributed by atoms with Crippen molar-refractivity contribution in [2.45, 2.75) is 26.3 Å². The normalized spacial score (nSPS) is 18.1. The van der Waals surface area contributed by atoms with Gasteiger partial charge >= 0.3 is 0 Å². The van der Waals surface area contributed by atoms with Crippen molar-refractivity contribution in [2.75, 3.05) is 51.9 Å². The summed E-state index contributed by atoms with van der Waals surface area (Å²) in [5.41, 5.74) is 0.669. The lowest BCUT2D eigenvalue weighted by Crippen LogP contribution is -2.46. The third-order valence-electron chi connectivity index (χ3n) is 4.07. The number of carbonyl (C=O) groups is 1. The highest BCUT2D eigenvalue weighted by Crippen LogP contribution is 2.30. The molecule has 6 heteroatoms. The highest BCUT2D eigenvalue weighted by Gasteiger charge is 2.27. The van der Waals surface area contributed by atoms with Crippen LogP contribution in [0.5, 0.6) is 11.5 Å². The molecule has 1 saturated heterocycles. The van der Waals surface area contributed by atoms with Crippen LogP contribution in [0.25, 0.3) is 0 Å². The number of hydrogen-bond donors (Lipinski definition) is 0. The topological polar surface area (TPSA) is 42.0 Å². The largest absolute Gasteiger partial charge is 0.490 e. The van der Waals surface area contributed by atoms with Gasteiger partial charge < -0.3 is 19.3 Å². The minimum atomic E-state index is 0.0818. The summed E-state index contributed by atoms with van der Waals surface area (Å²) < 4.78 is 11.3. The number of hydrogen-bond acceptors (Lipinski definition) is 5. The Balaban J connectivity index is 2.25. The van der Waals surface area contributed by atoms with Crippen LogP contribution in [-0.2, 0) is 0 Å². The highest BCUT2D eigenvalue weighted by atomic mass is 32.2. The zero-order valence-corrected chi connectivity index (χ0v) is 16.6. The average Bonchev–Trinajstić information content (AvgIpc) is 2.81. The van der Waals surface area contributed by atoms with Gasteiger partial charge in [0, 0.05) is 24.4 Å². The van der Waals surface area contributed by atoms with Crippen molar-refractivity contribution >= 4 is 17.7 Å². The summed E-state index contributed by atoms with van der Waals surface area (Å²) in [6, 6.07) is 5.74. The number of benzene rings is 1. The highest BCUT2D eigenvalue weighted by molar-refractivity contribution is 7.99. The molecular weight excluding hydrogens is 336 g/mol. The Bertz CT molecular complexity index is 566. The van der Waals surface area contributed by atoms with Crippen molar-refractivity contribution in [1.29, 1.82) is 0 Å². The third kappa shape index (κ3) is 5.54. The van der Waals surface area contributed by atoms with Crippen LogP contribution >= 0.6 is 11.8 Å². The maximum Gasteiger partial charge on any atom is 0.254 e. The average molecular weight is 367 g/mol. The fourth-order valence-electron chi connectivity index (χ4n) is 3.02. The standard InChI is InChI=1S/C19H30N2O3S/c1-5-23-17-9-8-15(12-18(17)24-6-2)19(22)21-10-7-11-25-14-16(21)13-20(3)4/h8-9,12,16H,5-7,10-11,13-14H2,1-4H3. The Morgan fingerprint density at radius 2 is 1.96 bits per heavy atom. The van der Waals surface area contributed by atoms with Crippen LogP contribution in [0.4, 0.5) is 0 Å². The Morgan fingerprint density at radius 3 is 2.64 bits per heavy atom. The molecule has 140 valence electrons. The molecule has 0 spiro atoms. The van der Waals surface area contributed by atoms with Crippen LogP contribution < -0.4 is 9.47 Å². The van der Waals surface area contributed by atoms with E-state index >= 15 is 0 Å². The molecule has 0 radical (unpaired) electrons. The summed E-state index contributed by atoms with van der Waals surface area (Å²) >= 11 is 1.94. The maximum absolute atomic E-state index is 13.2. The van der Waals surface area contributed by atoms with E-state index in [1.54, 1.807) is 0 Å². The summed E-state index contributed by atoms with van der Waals surface area (Å²) in [6.07, 6.45) is 1.04. The number of nitrogens with zero attached hydrogens (tertiary/aromatic N) is 2. The second-order valence-electron chi connectivity index (χ2n) is 6.37. The van der Waals surface area contributed by atoms with Gasteiger partial charge in [0.1, 0.15) is 0 Å². The summed E-state index contributed by atoms with van der Waals surface area (Å²) in [5.74, 6) is 3.51. The molecule has 1 fully saturated rings. The van der Waals surface area contributed by atoms with E-state index in [2.05, 4.69) is 19.0 Å². The van der Waals surface area contributed by atoms with E-state index in [0.717, 1.165) is 31.0 Å². The monoisotopic (exact) mass is 366 g/mol. The van der Waals surface area contributed by atoms with Crippen LogP contribution in [0, 0.1) is 0 Å². The lowest BCUT2D eigenvalue weighted by Gasteiger charge is -2.32. The Kier molecular flexibility index (Phi) is 7.90. The molecule has 5 nitrogen and oxygen atoms in total. The van der Waals surface area contributed by atoms with E-state index in [1.165, 1.54) is 0 Å². The number of ether oxygens (including phenoxy) is 2. The molecule has 0 saturated carbocycles. The molecule has 0 bridgehead atoms. The van der Waals surface area contributed by atoms with Crippen molar-refractivity contribution in [2.24, 2.45) is 0 Å². The van der Waals surface area contributed by atoms with Crippen LogP contribution in [0.2, 0.25) is 0 Å². The molecule has 1 atom stereocenters. The van der Waals surface area contributed by atoms with Gasteiger partial charge in [0.15, 0.2) is 11.5 Å². The molecule has 1 aromatic rings. The van der Waals surface area contributed by atoms with E-state index in [1.807, 2.05) is 48.7 Å². The number of amides is 1. The van der Waals surface area contributed by atoms with Gasteiger partial charge in [0.2, 0.25) is 0 Å². The Hall–Kier alpha value is -1.40. The summed E-state index contributed by atoms with van der Waals surface area (Å²) in [5, 5.41) is 0. The predicted molar refractivity (Wildman–Crippen MR) is 104 cm³/mol. The fraction of sp³-hybridized carbons (Fsp3) is 0.632. The molecule has 0 aromatic heterocycles. The molecular formula is C19H30N2O3S. The molecule has 1 amide bonds. The van der Waals surface area contributed by atoms with E-state index in [9.17, 15) is 4.79 Å². The molecule has 1 heterocycles. The minimum Gasteiger partial charge on any atom is -0.490 e. The van der Waals surface area contributed by atoms with E-state index < -0.39 is 0 Å². The van der Waals surface area contributed by atoms with Crippen LogP contribution in [0.3, 0.4) is 0 Å². The van der Waals surface area contributed by atoms with E-state index in [4.69, 9.17) is 9.47 Å². The number of rotatable bonds is 7. The summed E-state index contributed by atoms with van der Waals surface area (Å²) in [7, 11) is 4.12. The van der Waals surface area contributed by atoms with Gasteiger partial charge in [-0.3, -0.25) is 4.79 Å². The molecule has 25 heavy (non-hydrogen) atoms. The summed E-state index contributed by atoms with van der Waals surface area (Å²) in [6.45, 7) is 6.68. The quantitative estimate of drug-likeness (QED) is 0.742. The molecule has 1 aliphatic rings. The molecule has 1 aliphatic heterocycles. The number of thioether (sulfide) groups is 1. The third-order valence-corrected chi connectivity index (χ3v) is 5.26. The Morgan fingerprint density at radius 1 is 1.24 bits per heavy atom. The lowest BCUT2D eigenvalue weighted by molar-refractivity contribution is 0.0675. The van der Waals surface area contributed by atoms with Gasteiger partial charge in [-0.1, -0.05) is 0 Å². The van der Waals surface area contributed by atoms with E-state index in [-0.39, 0.29) is 11.9 Å². The van der Waals surface area contributed by atoms with Crippen molar-refractivity contribution < 1.29 is 14.3 Å². The van der Waals surface area contributed by atoms with Gasteiger partial charge in [0.05, 0.1) is 19.3 Å². The van der Waals surface area contributed by atoms with Gasteiger partial charge in [-0.2, -0.15) is 11.8 Å². The van der Waals surface area contributed by atoms with Gasteiger partial charge in [0.25, 0.3) is 5.91 Å². The van der Waals surface area contributed by atoms with Crippen LogP contribution in [-0.4, -0.2) is 73.7 Å². The lowest BCUT2D eigenvalue weighted by atomic mass is 10.1. The van der Waals surface area contributed by atoms with Crippen molar-refractivity contribution in [3.8, 4) is 11.5 Å². The molecule has 1 unspecified atom stereocenters. The van der Waals surface area contributed by atoms with Crippen LogP contribution in [0.15, 0.2) is 18.2 Å². The SMILES string of the molecule is CCOc1ccc(C(=O)N2CCCSCC2CN(C)C)cc1OCC. The molecule has 0 aliphatic carbocycles. The maximum atomic E-state index is 13.2. The number of carbonyl (C=O) groups excluding carboxylic acids is 1. The van der Waals surface area contributed by atoms with Gasteiger partial charge in [-0.25, -0.2) is 0 Å². The first-order valence-electron chi connectivity index (χ1n) is 8.99. The predicted octanol–water partition coefficient (Wildman–Crippen LogP) is 2.99. The zero-order valence-electron chi connectivity index (χ0n) is 15.8. The first-order valence-corrected chi connectivity index (χ1v) is 10.1. The van der Waals surface area contributed by atoms with Crippen molar-refractivity contribution in [3.05, 3.63) is 23.8 Å². The fourth-order valence-corrected chi connectivity index (χ4v) is 4.08. The van der Waals surface area contributed by atoms with Gasteiger partial charge in [-0.05, 0) is 58.3 Å². The van der Waals surface area contributed by atoms with Crippen molar-refractivity contribution in [3.63, 3.8) is 0 Å². The second-order valence-corrected chi connectivity index (χ2v) is 7.52. The van der Waals surface area contributed by atoms with Crippen LogP contribution in [0.1, 0.15) is 30.6 Å². The molecule has 2 rings (SSSR count). The van der Waals surface area contributed by atoms with Crippen molar-refractivity contribution in [1.82, 2.24) is 9.80 Å². The number of likely N-dealkylation sites (N-methyl/N-ethyl adjacent to an activating group) is 1. The van der Waals surface area contributed by atoms with Gasteiger partial charge in [-0.15, -0.1) is 0 Å². The minimum absolute atomic E-state index is 0.0818. The first-order chi connectivity index (χ1) is 12.1. The second kappa shape index (κ2) is 9.92. The molecule has 0 N–H and O–H groups in total. The van der Waals surface area contributed by atoms with E-state index in [0.29, 0.717) is 30.3 Å².